The van der Waals surface area contributed by atoms with Crippen LogP contribution in [0, 0.1) is 0 Å². The van der Waals surface area contributed by atoms with Crippen LogP contribution in [-0.4, -0.2) is 19.4 Å². The lowest BCUT2D eigenvalue weighted by molar-refractivity contribution is 0.155. The van der Waals surface area contributed by atoms with Crippen molar-refractivity contribution >= 4 is 17.8 Å². The molecule has 0 bridgehead atoms. The predicted molar refractivity (Wildman–Crippen MR) is 70.9 cm³/mol. The van der Waals surface area contributed by atoms with Gasteiger partial charge >= 0.3 is 0 Å². The Labute approximate surface area is 106 Å². The molecule has 4 heteroatoms. The van der Waals surface area contributed by atoms with Crippen LogP contribution in [0.1, 0.15) is 13.3 Å². The zero-order chi connectivity index (χ0) is 12.3. The van der Waals surface area contributed by atoms with Crippen LogP contribution in [0.25, 0.3) is 0 Å². The van der Waals surface area contributed by atoms with Crippen molar-refractivity contribution in [1.29, 1.82) is 0 Å². The highest BCUT2D eigenvalue weighted by Crippen LogP contribution is 2.30. The van der Waals surface area contributed by atoms with Crippen molar-refractivity contribution < 1.29 is 4.74 Å². The number of rotatable bonds is 3. The molecule has 2 rings (SSSR count). The third-order valence-corrected chi connectivity index (χ3v) is 2.89. The van der Waals surface area contributed by atoms with Crippen molar-refractivity contribution in [2.24, 2.45) is 4.99 Å². The normalized spacial score (nSPS) is 22.6. The monoisotopic (exact) mass is 250 g/mol. The summed E-state index contributed by atoms with van der Waals surface area (Å²) in [4.78, 5) is 4.35. The average molecular weight is 251 g/mol. The highest BCUT2D eigenvalue weighted by Gasteiger charge is 2.20. The molecule has 0 amide bonds. The molecule has 0 aliphatic carbocycles. The molecule has 90 valence electrons. The van der Waals surface area contributed by atoms with E-state index < -0.39 is 0 Å². The van der Waals surface area contributed by atoms with Crippen LogP contribution >= 0.6 is 11.6 Å². The minimum absolute atomic E-state index is 0.660. The maximum Gasteiger partial charge on any atom is 0.101 e. The summed E-state index contributed by atoms with van der Waals surface area (Å²) in [5.41, 5.74) is 4.05. The van der Waals surface area contributed by atoms with E-state index in [2.05, 4.69) is 23.0 Å². The van der Waals surface area contributed by atoms with Crippen molar-refractivity contribution in [3.63, 3.8) is 0 Å². The molecule has 0 spiro atoms. The number of aliphatic imine (C=N–C) groups is 1. The van der Waals surface area contributed by atoms with Gasteiger partial charge in [0.2, 0.25) is 0 Å². The molecule has 0 saturated heterocycles. The minimum atomic E-state index is 0.660. The van der Waals surface area contributed by atoms with Gasteiger partial charge < -0.3 is 10.1 Å². The molecule has 0 radical (unpaired) electrons. The fraction of sp³-hybridized carbons (Fsp3) is 0.308. The Morgan fingerprint density at radius 2 is 2.47 bits per heavy atom. The van der Waals surface area contributed by atoms with Crippen LogP contribution in [-0.2, 0) is 4.74 Å². The van der Waals surface area contributed by atoms with Crippen LogP contribution in [0.15, 0.2) is 51.4 Å². The van der Waals surface area contributed by atoms with Gasteiger partial charge in [0.05, 0.1) is 18.9 Å². The number of hydrogen-bond acceptors (Lipinski definition) is 3. The van der Waals surface area contributed by atoms with Crippen molar-refractivity contribution in [2.45, 2.75) is 13.3 Å². The highest BCUT2D eigenvalue weighted by atomic mass is 35.5. The van der Waals surface area contributed by atoms with E-state index in [4.69, 9.17) is 16.3 Å². The van der Waals surface area contributed by atoms with E-state index in [-0.39, 0.29) is 0 Å². The first kappa shape index (κ1) is 12.1. The molecule has 0 aromatic carbocycles. The largest absolute Gasteiger partial charge is 0.377 e. The third kappa shape index (κ3) is 2.51. The molecule has 0 aromatic rings. The van der Waals surface area contributed by atoms with Gasteiger partial charge in [-0.25, -0.2) is 0 Å². The summed E-state index contributed by atoms with van der Waals surface area (Å²) in [6.07, 6.45) is 6.48. The fourth-order valence-electron chi connectivity index (χ4n) is 1.91. The van der Waals surface area contributed by atoms with Crippen LogP contribution in [0.3, 0.4) is 0 Å². The highest BCUT2D eigenvalue weighted by molar-refractivity contribution is 6.30. The van der Waals surface area contributed by atoms with E-state index in [1.165, 1.54) is 5.57 Å². The lowest BCUT2D eigenvalue weighted by Gasteiger charge is -2.15. The topological polar surface area (TPSA) is 33.6 Å². The molecule has 2 heterocycles. The summed E-state index contributed by atoms with van der Waals surface area (Å²) in [5, 5.41) is 3.79. The van der Waals surface area contributed by atoms with Crippen LogP contribution in [0.5, 0.6) is 0 Å². The molecule has 2 aliphatic heterocycles. The Balaban J connectivity index is 2.41. The summed E-state index contributed by atoms with van der Waals surface area (Å²) in [7, 11) is 0. The van der Waals surface area contributed by atoms with Crippen molar-refractivity contribution in [2.75, 3.05) is 13.2 Å². The van der Waals surface area contributed by atoms with Gasteiger partial charge in [-0.2, -0.15) is 0 Å². The SMILES string of the molecule is C=CNC1=C(C2=CCOCC2)C=N/C1=C(/C)Cl. The summed E-state index contributed by atoms with van der Waals surface area (Å²) in [5.74, 6) is 0. The van der Waals surface area contributed by atoms with Crippen LogP contribution in [0.2, 0.25) is 0 Å². The third-order valence-electron chi connectivity index (χ3n) is 2.71. The van der Waals surface area contributed by atoms with Crippen molar-refractivity contribution in [3.05, 3.63) is 46.4 Å². The smallest absolute Gasteiger partial charge is 0.101 e. The van der Waals surface area contributed by atoms with Crippen molar-refractivity contribution in [1.82, 2.24) is 5.32 Å². The van der Waals surface area contributed by atoms with Gasteiger partial charge in [0.1, 0.15) is 5.70 Å². The number of halogens is 1. The molecule has 0 aromatic heterocycles. The molecule has 0 unspecified atom stereocenters. The molecule has 3 nitrogen and oxygen atoms in total. The predicted octanol–water partition coefficient (Wildman–Crippen LogP) is 2.88. The minimum Gasteiger partial charge on any atom is -0.377 e. The van der Waals surface area contributed by atoms with Gasteiger partial charge in [0.15, 0.2) is 0 Å². The Morgan fingerprint density at radius 1 is 1.65 bits per heavy atom. The number of allylic oxidation sites excluding steroid dienone is 2. The van der Waals surface area contributed by atoms with Gasteiger partial charge in [0, 0.05) is 16.8 Å². The molecule has 0 saturated carbocycles. The Morgan fingerprint density at radius 3 is 3.06 bits per heavy atom. The Kier molecular flexibility index (Phi) is 3.82. The summed E-state index contributed by atoms with van der Waals surface area (Å²) in [6, 6.07) is 0. The van der Waals surface area contributed by atoms with E-state index in [0.29, 0.717) is 11.6 Å². The maximum absolute atomic E-state index is 6.03. The van der Waals surface area contributed by atoms with E-state index in [9.17, 15) is 0 Å². The van der Waals surface area contributed by atoms with E-state index >= 15 is 0 Å². The van der Waals surface area contributed by atoms with Crippen LogP contribution in [0.4, 0.5) is 0 Å². The zero-order valence-corrected chi connectivity index (χ0v) is 10.5. The molecular weight excluding hydrogens is 236 g/mol. The van der Waals surface area contributed by atoms with Crippen LogP contribution < -0.4 is 5.32 Å². The van der Waals surface area contributed by atoms with E-state index in [1.54, 1.807) is 6.20 Å². The quantitative estimate of drug-likeness (QED) is 0.836. The summed E-state index contributed by atoms with van der Waals surface area (Å²) in [6.45, 7) is 6.93. The second-order valence-corrected chi connectivity index (χ2v) is 4.40. The standard InChI is InChI=1S/C13H15ClN2O/c1-3-15-13-11(8-16-12(13)9(2)14)10-4-6-17-7-5-10/h3-4,8,15H,1,5-7H2,2H3/b12-9-. The number of hydrogen-bond donors (Lipinski definition) is 1. The lowest BCUT2D eigenvalue weighted by Crippen LogP contribution is -2.12. The maximum atomic E-state index is 6.03. The fourth-order valence-corrected chi connectivity index (χ4v) is 2.05. The van der Waals surface area contributed by atoms with E-state index in [1.807, 2.05) is 13.1 Å². The first-order chi connectivity index (χ1) is 8.24. The number of nitrogens with zero attached hydrogens (tertiary/aromatic N) is 1. The molecule has 2 aliphatic rings. The first-order valence-electron chi connectivity index (χ1n) is 5.53. The molecule has 0 atom stereocenters. The van der Waals surface area contributed by atoms with Gasteiger partial charge in [-0.15, -0.1) is 0 Å². The molecular formula is C13H15ClN2O. The van der Waals surface area contributed by atoms with Crippen molar-refractivity contribution in [3.8, 4) is 0 Å². The van der Waals surface area contributed by atoms with Gasteiger partial charge in [-0.3, -0.25) is 4.99 Å². The van der Waals surface area contributed by atoms with Gasteiger partial charge in [-0.05, 0) is 25.1 Å². The Bertz CT molecular complexity index is 454. The molecule has 1 N–H and O–H groups in total. The van der Waals surface area contributed by atoms with Gasteiger partial charge in [-0.1, -0.05) is 24.3 Å². The molecule has 0 fully saturated rings. The zero-order valence-electron chi connectivity index (χ0n) is 9.79. The lowest BCUT2D eigenvalue weighted by atomic mass is 10.0. The Hall–Kier alpha value is -1.32. The number of ether oxygens (including phenoxy) is 1. The first-order valence-corrected chi connectivity index (χ1v) is 5.91. The number of nitrogens with one attached hydrogen (secondary N) is 1. The summed E-state index contributed by atoms with van der Waals surface area (Å²) >= 11 is 6.03. The molecule has 17 heavy (non-hydrogen) atoms. The van der Waals surface area contributed by atoms with E-state index in [0.717, 1.165) is 30.0 Å². The van der Waals surface area contributed by atoms with Gasteiger partial charge in [0.25, 0.3) is 0 Å². The second-order valence-electron chi connectivity index (χ2n) is 3.83. The summed E-state index contributed by atoms with van der Waals surface area (Å²) < 4.78 is 5.31. The second kappa shape index (κ2) is 5.34. The average Bonchev–Trinajstić information content (AvgIpc) is 2.75.